The van der Waals surface area contributed by atoms with Crippen molar-refractivity contribution in [2.75, 3.05) is 11.9 Å². The molecule has 1 rings (SSSR count). The third kappa shape index (κ3) is 3.03. The lowest BCUT2D eigenvalue weighted by molar-refractivity contribution is -0.383. The van der Waals surface area contributed by atoms with Gasteiger partial charge in [0.15, 0.2) is 0 Å². The highest BCUT2D eigenvalue weighted by Crippen LogP contribution is 2.25. The molecule has 0 saturated heterocycles. The molecule has 0 unspecified atom stereocenters. The third-order valence-electron chi connectivity index (χ3n) is 1.99. The van der Waals surface area contributed by atoms with Crippen molar-refractivity contribution in [3.63, 3.8) is 0 Å². The fraction of sp³-hybridized carbons (Fsp3) is 0.300. The highest BCUT2D eigenvalue weighted by molar-refractivity contribution is 5.93. The van der Waals surface area contributed by atoms with Gasteiger partial charge in [-0.05, 0) is 18.6 Å². The summed E-state index contributed by atoms with van der Waals surface area (Å²) in [6.07, 6.45) is 0.144. The number of rotatable bonds is 4. The molecule has 0 atom stereocenters. The molecule has 16 heavy (non-hydrogen) atoms. The van der Waals surface area contributed by atoms with E-state index >= 15 is 0 Å². The minimum atomic E-state index is -0.530. The van der Waals surface area contributed by atoms with E-state index < -0.39 is 4.92 Å². The van der Waals surface area contributed by atoms with Gasteiger partial charge in [-0.2, -0.15) is 0 Å². The van der Waals surface area contributed by atoms with Crippen molar-refractivity contribution >= 4 is 17.3 Å². The number of nitrogens with one attached hydrogen (secondary N) is 1. The molecule has 3 N–H and O–H groups in total. The van der Waals surface area contributed by atoms with E-state index in [0.717, 1.165) is 5.56 Å². The molecule has 0 spiro atoms. The predicted octanol–water partition coefficient (Wildman–Crippen LogP) is 1.19. The number of nitrogens with two attached hydrogens (primary N) is 1. The van der Waals surface area contributed by atoms with Gasteiger partial charge in [0.2, 0.25) is 5.91 Å². The first-order chi connectivity index (χ1) is 7.54. The largest absolute Gasteiger partial charge is 0.330 e. The van der Waals surface area contributed by atoms with Gasteiger partial charge in [-0.1, -0.05) is 6.07 Å². The van der Waals surface area contributed by atoms with Crippen molar-refractivity contribution in [1.29, 1.82) is 0 Å². The van der Waals surface area contributed by atoms with Crippen molar-refractivity contribution in [1.82, 2.24) is 0 Å². The van der Waals surface area contributed by atoms with Crippen LogP contribution in [0.2, 0.25) is 0 Å². The van der Waals surface area contributed by atoms with Crippen LogP contribution in [0.4, 0.5) is 11.4 Å². The van der Waals surface area contributed by atoms with Gasteiger partial charge in [0, 0.05) is 19.0 Å². The molecule has 0 aliphatic carbocycles. The molecule has 0 heterocycles. The van der Waals surface area contributed by atoms with Gasteiger partial charge in [-0.3, -0.25) is 14.9 Å². The van der Waals surface area contributed by atoms with Crippen molar-refractivity contribution in [3.8, 4) is 0 Å². The third-order valence-corrected chi connectivity index (χ3v) is 1.99. The summed E-state index contributed by atoms with van der Waals surface area (Å²) in [4.78, 5) is 21.5. The fourth-order valence-electron chi connectivity index (χ4n) is 1.25. The van der Waals surface area contributed by atoms with E-state index in [4.69, 9.17) is 5.73 Å². The molecule has 86 valence electrons. The number of nitrogens with zero attached hydrogens (tertiary/aromatic N) is 1. The molecule has 0 aliphatic rings. The van der Waals surface area contributed by atoms with Gasteiger partial charge in [0.05, 0.1) is 4.92 Å². The zero-order valence-electron chi connectivity index (χ0n) is 8.90. The van der Waals surface area contributed by atoms with Crippen LogP contribution >= 0.6 is 0 Å². The highest BCUT2D eigenvalue weighted by Gasteiger charge is 2.15. The van der Waals surface area contributed by atoms with Crippen LogP contribution in [0.5, 0.6) is 0 Å². The minimum Gasteiger partial charge on any atom is -0.330 e. The maximum absolute atomic E-state index is 11.3. The molecule has 0 radical (unpaired) electrons. The lowest BCUT2D eigenvalue weighted by atomic mass is 10.2. The van der Waals surface area contributed by atoms with E-state index in [1.807, 2.05) is 0 Å². The standard InChI is InChI=1S/C10H13N3O3/c1-7-2-3-9(13(15)16)8(6-7)12-10(14)4-5-11/h2-3,6H,4-5,11H2,1H3,(H,12,14). The van der Waals surface area contributed by atoms with E-state index in [2.05, 4.69) is 5.32 Å². The predicted molar refractivity (Wildman–Crippen MR) is 60.1 cm³/mol. The fourth-order valence-corrected chi connectivity index (χ4v) is 1.25. The number of hydrogen-bond acceptors (Lipinski definition) is 4. The van der Waals surface area contributed by atoms with Crippen molar-refractivity contribution in [3.05, 3.63) is 33.9 Å². The number of carbonyl (C=O) groups excluding carboxylic acids is 1. The summed E-state index contributed by atoms with van der Waals surface area (Å²) in [5.41, 5.74) is 6.15. The lowest BCUT2D eigenvalue weighted by Gasteiger charge is -2.05. The van der Waals surface area contributed by atoms with E-state index in [9.17, 15) is 14.9 Å². The SMILES string of the molecule is Cc1ccc([N+](=O)[O-])c(NC(=O)CCN)c1. The monoisotopic (exact) mass is 223 g/mol. The Morgan fingerprint density at radius 2 is 2.25 bits per heavy atom. The summed E-state index contributed by atoms with van der Waals surface area (Å²) in [7, 11) is 0. The quantitative estimate of drug-likeness (QED) is 0.591. The first-order valence-corrected chi connectivity index (χ1v) is 4.79. The summed E-state index contributed by atoms with van der Waals surface area (Å²) < 4.78 is 0. The lowest BCUT2D eigenvalue weighted by Crippen LogP contribution is -2.17. The Morgan fingerprint density at radius 3 is 2.81 bits per heavy atom. The van der Waals surface area contributed by atoms with E-state index in [1.165, 1.54) is 6.07 Å². The maximum atomic E-state index is 11.3. The molecule has 6 heteroatoms. The number of nitro groups is 1. The molecular formula is C10H13N3O3. The molecule has 0 aromatic heterocycles. The molecular weight excluding hydrogens is 210 g/mol. The molecule has 0 saturated carbocycles. The van der Waals surface area contributed by atoms with Gasteiger partial charge in [-0.25, -0.2) is 0 Å². The first kappa shape index (κ1) is 12.1. The van der Waals surface area contributed by atoms with Crippen molar-refractivity contribution in [2.24, 2.45) is 5.73 Å². The molecule has 1 aromatic carbocycles. The van der Waals surface area contributed by atoms with Crippen LogP contribution in [0, 0.1) is 17.0 Å². The zero-order chi connectivity index (χ0) is 12.1. The van der Waals surface area contributed by atoms with E-state index in [1.54, 1.807) is 19.1 Å². The maximum Gasteiger partial charge on any atom is 0.292 e. The summed E-state index contributed by atoms with van der Waals surface area (Å²) in [6, 6.07) is 4.55. The number of carbonyl (C=O) groups is 1. The average molecular weight is 223 g/mol. The van der Waals surface area contributed by atoms with Crippen molar-refractivity contribution in [2.45, 2.75) is 13.3 Å². The summed E-state index contributed by atoms with van der Waals surface area (Å²) >= 11 is 0. The number of benzene rings is 1. The van der Waals surface area contributed by atoms with Crippen LogP contribution in [0.1, 0.15) is 12.0 Å². The Labute approximate surface area is 92.6 Å². The average Bonchev–Trinajstić information content (AvgIpc) is 2.17. The number of nitro benzene ring substituents is 1. The van der Waals surface area contributed by atoms with Gasteiger partial charge >= 0.3 is 0 Å². The van der Waals surface area contributed by atoms with Gasteiger partial charge in [0.1, 0.15) is 5.69 Å². The second-order valence-electron chi connectivity index (χ2n) is 3.36. The van der Waals surface area contributed by atoms with Crippen LogP contribution in [0.25, 0.3) is 0 Å². The Morgan fingerprint density at radius 1 is 1.56 bits per heavy atom. The smallest absolute Gasteiger partial charge is 0.292 e. The Kier molecular flexibility index (Phi) is 3.96. The molecule has 0 bridgehead atoms. The summed E-state index contributed by atoms with van der Waals surface area (Å²) in [5, 5.41) is 13.2. The summed E-state index contributed by atoms with van der Waals surface area (Å²) in [6.45, 7) is 2.01. The van der Waals surface area contributed by atoms with Crippen LogP contribution < -0.4 is 11.1 Å². The van der Waals surface area contributed by atoms with Crippen molar-refractivity contribution < 1.29 is 9.72 Å². The number of aryl methyl sites for hydroxylation is 1. The minimum absolute atomic E-state index is 0.115. The Bertz CT molecular complexity index is 418. The normalized spacial score (nSPS) is 9.88. The number of anilines is 1. The molecule has 1 amide bonds. The van der Waals surface area contributed by atoms with Gasteiger partial charge in [0.25, 0.3) is 5.69 Å². The van der Waals surface area contributed by atoms with Gasteiger partial charge < -0.3 is 11.1 Å². The van der Waals surface area contributed by atoms with E-state index in [0.29, 0.717) is 0 Å². The van der Waals surface area contributed by atoms with Crippen LogP contribution in [-0.2, 0) is 4.79 Å². The molecule has 1 aromatic rings. The molecule has 0 fully saturated rings. The molecule has 0 aliphatic heterocycles. The topological polar surface area (TPSA) is 98.3 Å². The van der Waals surface area contributed by atoms with Crippen LogP contribution in [-0.4, -0.2) is 17.4 Å². The second-order valence-corrected chi connectivity index (χ2v) is 3.36. The zero-order valence-corrected chi connectivity index (χ0v) is 8.90. The number of hydrogen-bond donors (Lipinski definition) is 2. The van der Waals surface area contributed by atoms with E-state index in [-0.39, 0.29) is 30.2 Å². The Balaban J connectivity index is 2.96. The number of amides is 1. The first-order valence-electron chi connectivity index (χ1n) is 4.79. The van der Waals surface area contributed by atoms with Crippen LogP contribution in [0.15, 0.2) is 18.2 Å². The highest BCUT2D eigenvalue weighted by atomic mass is 16.6. The summed E-state index contributed by atoms with van der Waals surface area (Å²) in [5.74, 6) is -0.323. The van der Waals surface area contributed by atoms with Crippen LogP contribution in [0.3, 0.4) is 0 Å². The Hall–Kier alpha value is -1.95. The second kappa shape index (κ2) is 5.22. The molecule has 6 nitrogen and oxygen atoms in total. The van der Waals surface area contributed by atoms with Gasteiger partial charge in [-0.15, -0.1) is 0 Å².